The van der Waals surface area contributed by atoms with E-state index in [1.165, 1.54) is 21.4 Å². The number of benzene rings is 2. The van der Waals surface area contributed by atoms with E-state index in [9.17, 15) is 0 Å². The molecule has 0 saturated heterocycles. The van der Waals surface area contributed by atoms with Crippen molar-refractivity contribution in [2.75, 3.05) is 0 Å². The van der Waals surface area contributed by atoms with Crippen LogP contribution >= 0.6 is 11.8 Å². The van der Waals surface area contributed by atoms with Gasteiger partial charge in [-0.15, -0.1) is 18.3 Å². The van der Waals surface area contributed by atoms with Crippen LogP contribution in [0.3, 0.4) is 0 Å². The predicted octanol–water partition coefficient (Wildman–Crippen LogP) is 4.82. The summed E-state index contributed by atoms with van der Waals surface area (Å²) in [5.41, 5.74) is 3.70. The van der Waals surface area contributed by atoms with Crippen LogP contribution in [0.25, 0.3) is 10.9 Å². The predicted molar refractivity (Wildman–Crippen MR) is 90.7 cm³/mol. The van der Waals surface area contributed by atoms with Gasteiger partial charge in [0.05, 0.1) is 6.54 Å². The first-order valence-corrected chi connectivity index (χ1v) is 8.01. The van der Waals surface area contributed by atoms with Crippen LogP contribution in [0.2, 0.25) is 0 Å². The highest BCUT2D eigenvalue weighted by Gasteiger charge is 2.09. The molecule has 3 aromatic rings. The number of aryl methyl sites for hydroxylation is 1. The summed E-state index contributed by atoms with van der Waals surface area (Å²) in [4.78, 5) is 1.24. The summed E-state index contributed by atoms with van der Waals surface area (Å²) in [6.07, 6.45) is 3.98. The molecule has 0 amide bonds. The fraction of sp³-hybridized carbons (Fsp3) is 0.167. The number of allylic oxidation sites excluding steroid dienone is 1. The lowest BCUT2D eigenvalue weighted by Crippen LogP contribution is -1.94. The molecule has 0 bridgehead atoms. The maximum absolute atomic E-state index is 4.70. The average molecular weight is 294 g/mol. The van der Waals surface area contributed by atoms with Crippen molar-refractivity contribution < 1.29 is 0 Å². The maximum Gasteiger partial charge on any atom is 0.106 e. The largest absolute Gasteiger partial charge is 0.268 e. The van der Waals surface area contributed by atoms with E-state index in [2.05, 4.69) is 62.2 Å². The molecule has 0 atom stereocenters. The Morgan fingerprint density at radius 2 is 2.00 bits per heavy atom. The van der Waals surface area contributed by atoms with Gasteiger partial charge < -0.3 is 0 Å². The second-order valence-corrected chi connectivity index (χ2v) is 6.07. The van der Waals surface area contributed by atoms with Gasteiger partial charge in [-0.1, -0.05) is 42.5 Å². The third-order valence-corrected chi connectivity index (χ3v) is 4.58. The highest BCUT2D eigenvalue weighted by Crippen LogP contribution is 2.31. The minimum atomic E-state index is 0.747. The molecule has 0 N–H and O–H groups in total. The van der Waals surface area contributed by atoms with Crippen LogP contribution in [-0.4, -0.2) is 9.78 Å². The molecule has 0 fully saturated rings. The van der Waals surface area contributed by atoms with Crippen molar-refractivity contribution in [3.05, 3.63) is 72.4 Å². The van der Waals surface area contributed by atoms with Crippen molar-refractivity contribution in [3.8, 4) is 0 Å². The minimum absolute atomic E-state index is 0.747. The van der Waals surface area contributed by atoms with Gasteiger partial charge >= 0.3 is 0 Å². The van der Waals surface area contributed by atoms with Crippen LogP contribution in [0.4, 0.5) is 0 Å². The van der Waals surface area contributed by atoms with E-state index in [1.54, 1.807) is 0 Å². The van der Waals surface area contributed by atoms with Crippen LogP contribution < -0.4 is 0 Å². The van der Waals surface area contributed by atoms with E-state index < -0.39 is 0 Å². The lowest BCUT2D eigenvalue weighted by Gasteiger charge is -2.04. The van der Waals surface area contributed by atoms with E-state index in [0.717, 1.165) is 17.8 Å². The lowest BCUT2D eigenvalue weighted by atomic mass is 10.1. The molecule has 21 heavy (non-hydrogen) atoms. The lowest BCUT2D eigenvalue weighted by molar-refractivity contribution is 0.711. The molecule has 0 aliphatic carbocycles. The van der Waals surface area contributed by atoms with Crippen LogP contribution in [-0.2, 0) is 12.3 Å². The van der Waals surface area contributed by atoms with Crippen LogP contribution in [0.5, 0.6) is 0 Å². The molecule has 0 spiro atoms. The summed E-state index contributed by atoms with van der Waals surface area (Å²) in [7, 11) is 0. The van der Waals surface area contributed by atoms with Gasteiger partial charge in [-0.25, -0.2) is 0 Å². The first-order chi connectivity index (χ1) is 10.3. The Morgan fingerprint density at radius 1 is 1.19 bits per heavy atom. The highest BCUT2D eigenvalue weighted by atomic mass is 32.2. The quantitative estimate of drug-likeness (QED) is 0.496. The van der Waals surface area contributed by atoms with Gasteiger partial charge in [-0.3, -0.25) is 4.68 Å². The maximum atomic E-state index is 4.70. The number of aromatic nitrogens is 2. The summed E-state index contributed by atoms with van der Waals surface area (Å²) >= 11 is 1.84. The fourth-order valence-electron chi connectivity index (χ4n) is 2.34. The van der Waals surface area contributed by atoms with Crippen molar-refractivity contribution in [1.29, 1.82) is 0 Å². The zero-order chi connectivity index (χ0) is 14.7. The molecule has 1 aromatic heterocycles. The molecular weight excluding hydrogens is 276 g/mol. The van der Waals surface area contributed by atoms with Gasteiger partial charge in [0.2, 0.25) is 0 Å². The number of hydrogen-bond donors (Lipinski definition) is 0. The van der Waals surface area contributed by atoms with Crippen molar-refractivity contribution >= 4 is 22.7 Å². The first kappa shape index (κ1) is 14.0. The Labute approximate surface area is 129 Å². The average Bonchev–Trinajstić information content (AvgIpc) is 2.93. The highest BCUT2D eigenvalue weighted by molar-refractivity contribution is 7.98. The SMILES string of the molecule is C=CCn1cc2c(C)ccc(SCc3ccccc3)c2n1. The number of nitrogens with zero attached hydrogens (tertiary/aromatic N) is 2. The number of rotatable bonds is 5. The Morgan fingerprint density at radius 3 is 2.76 bits per heavy atom. The second kappa shape index (κ2) is 6.19. The fourth-order valence-corrected chi connectivity index (χ4v) is 3.31. The molecule has 2 nitrogen and oxygen atoms in total. The van der Waals surface area contributed by atoms with Crippen LogP contribution in [0, 0.1) is 6.92 Å². The van der Waals surface area contributed by atoms with E-state index in [-0.39, 0.29) is 0 Å². The van der Waals surface area contributed by atoms with Gasteiger partial charge in [0.1, 0.15) is 5.52 Å². The summed E-state index contributed by atoms with van der Waals surface area (Å²) in [5, 5.41) is 5.93. The number of thioether (sulfide) groups is 1. The molecule has 0 unspecified atom stereocenters. The van der Waals surface area contributed by atoms with Gasteiger partial charge in [-0.05, 0) is 24.1 Å². The van der Waals surface area contributed by atoms with Crippen molar-refractivity contribution in [3.63, 3.8) is 0 Å². The standard InChI is InChI=1S/C18H18N2S/c1-3-11-20-12-16-14(2)9-10-17(18(16)19-20)21-13-15-7-5-4-6-8-15/h3-10,12H,1,11,13H2,2H3. The molecule has 106 valence electrons. The first-order valence-electron chi connectivity index (χ1n) is 7.02. The van der Waals surface area contributed by atoms with Crippen molar-refractivity contribution in [2.24, 2.45) is 0 Å². The molecular formula is C18H18N2S. The van der Waals surface area contributed by atoms with Gasteiger partial charge in [0, 0.05) is 22.2 Å². The Balaban J connectivity index is 1.91. The molecule has 1 heterocycles. The third kappa shape index (κ3) is 3.03. The minimum Gasteiger partial charge on any atom is -0.268 e. The number of hydrogen-bond acceptors (Lipinski definition) is 2. The molecule has 2 aromatic carbocycles. The zero-order valence-electron chi connectivity index (χ0n) is 12.1. The topological polar surface area (TPSA) is 17.8 Å². The number of fused-ring (bicyclic) bond motifs is 1. The van der Waals surface area contributed by atoms with Crippen LogP contribution in [0.1, 0.15) is 11.1 Å². The normalized spacial score (nSPS) is 10.9. The van der Waals surface area contributed by atoms with Crippen LogP contribution in [0.15, 0.2) is 66.2 Å². The molecule has 0 aliphatic rings. The van der Waals surface area contributed by atoms with Crippen molar-refractivity contribution in [2.45, 2.75) is 24.1 Å². The second-order valence-electron chi connectivity index (χ2n) is 5.06. The summed E-state index contributed by atoms with van der Waals surface area (Å²) in [6, 6.07) is 14.9. The molecule has 3 heteroatoms. The Bertz CT molecular complexity index is 759. The molecule has 0 radical (unpaired) electrons. The molecule has 0 saturated carbocycles. The molecule has 3 rings (SSSR count). The third-order valence-electron chi connectivity index (χ3n) is 3.46. The molecule has 0 aliphatic heterocycles. The van der Waals surface area contributed by atoms with E-state index in [0.29, 0.717) is 0 Å². The monoisotopic (exact) mass is 294 g/mol. The van der Waals surface area contributed by atoms with E-state index in [1.807, 2.05) is 22.5 Å². The van der Waals surface area contributed by atoms with Gasteiger partial charge in [-0.2, -0.15) is 5.10 Å². The zero-order valence-corrected chi connectivity index (χ0v) is 12.9. The smallest absolute Gasteiger partial charge is 0.106 e. The van der Waals surface area contributed by atoms with Gasteiger partial charge in [0.25, 0.3) is 0 Å². The van der Waals surface area contributed by atoms with E-state index in [4.69, 9.17) is 5.10 Å². The Kier molecular flexibility index (Phi) is 4.11. The van der Waals surface area contributed by atoms with E-state index >= 15 is 0 Å². The summed E-state index contributed by atoms with van der Waals surface area (Å²) in [5.74, 6) is 0.966. The summed E-state index contributed by atoms with van der Waals surface area (Å²) < 4.78 is 1.96. The van der Waals surface area contributed by atoms with Gasteiger partial charge in [0.15, 0.2) is 0 Å². The summed E-state index contributed by atoms with van der Waals surface area (Å²) in [6.45, 7) is 6.66. The Hall–Kier alpha value is -2.00. The van der Waals surface area contributed by atoms with Crippen molar-refractivity contribution in [1.82, 2.24) is 9.78 Å².